The van der Waals surface area contributed by atoms with Crippen LogP contribution in [0.1, 0.15) is 0 Å². The minimum Gasteiger partial charge on any atom is -0.480 e. The van der Waals surface area contributed by atoms with Gasteiger partial charge in [-0.1, -0.05) is 0 Å². The van der Waals surface area contributed by atoms with E-state index in [1.165, 1.54) is 16.3 Å². The van der Waals surface area contributed by atoms with E-state index in [0.29, 0.717) is 26.7 Å². The predicted molar refractivity (Wildman–Crippen MR) is 103 cm³/mol. The van der Waals surface area contributed by atoms with Crippen molar-refractivity contribution in [2.24, 2.45) is 0 Å². The summed E-state index contributed by atoms with van der Waals surface area (Å²) in [5.41, 5.74) is 1.25. The number of hydrogen-bond acceptors (Lipinski definition) is 6. The van der Waals surface area contributed by atoms with E-state index < -0.39 is 12.0 Å². The summed E-state index contributed by atoms with van der Waals surface area (Å²) in [5, 5.41) is 20.1. The number of thioether (sulfide) groups is 1. The van der Waals surface area contributed by atoms with Gasteiger partial charge in [0.2, 0.25) is 5.91 Å². The molecule has 0 saturated heterocycles. The van der Waals surface area contributed by atoms with E-state index >= 15 is 0 Å². The molecule has 11 heteroatoms. The zero-order valence-corrected chi connectivity index (χ0v) is 15.7. The molecule has 1 heterocycles. The molecular weight excluding hydrogens is 382 g/mol. The van der Waals surface area contributed by atoms with E-state index in [1.54, 1.807) is 24.3 Å². The van der Waals surface area contributed by atoms with Crippen LogP contribution < -0.4 is 10.6 Å². The molecule has 0 saturated carbocycles. The molecule has 2 aromatic rings. The third kappa shape index (κ3) is 5.44. The van der Waals surface area contributed by atoms with Crippen LogP contribution in [-0.4, -0.2) is 49.8 Å². The number of aromatic nitrogens is 3. The van der Waals surface area contributed by atoms with Crippen LogP contribution in [0, 0.1) is 9.54 Å². The highest BCUT2D eigenvalue weighted by Gasteiger charge is 2.16. The number of rotatable bonds is 8. The van der Waals surface area contributed by atoms with Crippen molar-refractivity contribution in [2.45, 2.75) is 12.6 Å². The lowest BCUT2D eigenvalue weighted by Gasteiger charge is -2.15. The molecule has 0 fully saturated rings. The minimum atomic E-state index is -0.911. The highest BCUT2D eigenvalue weighted by molar-refractivity contribution is 7.98. The van der Waals surface area contributed by atoms with Gasteiger partial charge in [0, 0.05) is 17.1 Å². The summed E-state index contributed by atoms with van der Waals surface area (Å²) in [6, 6.07) is 6.12. The van der Waals surface area contributed by atoms with Gasteiger partial charge in [-0.15, -0.1) is 0 Å². The number of nitrogens with one attached hydrogen (secondary N) is 4. The molecule has 1 amide bonds. The van der Waals surface area contributed by atoms with Gasteiger partial charge in [0.05, 0.1) is 0 Å². The molecule has 1 aromatic carbocycles. The number of carbonyl (C=O) groups is 2. The van der Waals surface area contributed by atoms with Gasteiger partial charge in [-0.25, -0.2) is 4.79 Å². The van der Waals surface area contributed by atoms with Crippen LogP contribution in [0.25, 0.3) is 0 Å². The number of benzene rings is 1. The van der Waals surface area contributed by atoms with Crippen molar-refractivity contribution in [2.75, 3.05) is 22.6 Å². The largest absolute Gasteiger partial charge is 0.480 e. The quantitative estimate of drug-likeness (QED) is 0.433. The molecule has 1 atom stereocenters. The van der Waals surface area contributed by atoms with Crippen LogP contribution in [0.3, 0.4) is 0 Å². The maximum absolute atomic E-state index is 12.1. The van der Waals surface area contributed by atoms with E-state index in [9.17, 15) is 9.59 Å². The Hall–Kier alpha value is -2.11. The number of carbonyl (C=O) groups excluding carboxylic acids is 1. The highest BCUT2D eigenvalue weighted by atomic mass is 32.2. The summed E-state index contributed by atoms with van der Waals surface area (Å²) in [4.78, 5) is 23.2. The van der Waals surface area contributed by atoms with Crippen molar-refractivity contribution < 1.29 is 14.7 Å². The number of hydrogen-bond donors (Lipinski definition) is 5. The van der Waals surface area contributed by atoms with E-state index in [-0.39, 0.29) is 12.5 Å². The van der Waals surface area contributed by atoms with Gasteiger partial charge < -0.3 is 15.7 Å². The Morgan fingerprint density at radius 2 is 1.76 bits per heavy atom. The summed E-state index contributed by atoms with van der Waals surface area (Å²) in [6.07, 6.45) is 1.85. The third-order valence-corrected chi connectivity index (χ3v) is 4.52. The van der Waals surface area contributed by atoms with Crippen molar-refractivity contribution in [3.8, 4) is 0 Å². The Kier molecular flexibility index (Phi) is 6.79. The van der Waals surface area contributed by atoms with E-state index in [1.807, 2.05) is 6.26 Å². The lowest BCUT2D eigenvalue weighted by atomic mass is 10.2. The standard InChI is InChI=1S/C14H17N5O3S3/c1-25-7-10(12(21)22)15-8-2-4-9(5-3-8)16-11(20)6-19-13(23)17-18-14(19)24/h2-5,10,15H,6-7H2,1H3,(H,16,20)(H,17,23)(H,18,24)(H,21,22). The van der Waals surface area contributed by atoms with Gasteiger partial charge in [0.15, 0.2) is 9.54 Å². The molecule has 8 nitrogen and oxygen atoms in total. The van der Waals surface area contributed by atoms with Crippen LogP contribution in [0.2, 0.25) is 0 Å². The minimum absolute atomic E-state index is 0.00746. The normalized spacial score (nSPS) is 11.7. The molecule has 25 heavy (non-hydrogen) atoms. The second kappa shape index (κ2) is 8.83. The zero-order valence-electron chi connectivity index (χ0n) is 13.2. The SMILES string of the molecule is CSCC(Nc1ccc(NC(=O)Cn2c(=S)[nH][nH]c2=S)cc1)C(=O)O. The Morgan fingerprint density at radius 1 is 1.20 bits per heavy atom. The number of amides is 1. The average Bonchev–Trinajstić information content (AvgIpc) is 2.88. The fraction of sp³-hybridized carbons (Fsp3) is 0.286. The van der Waals surface area contributed by atoms with Gasteiger partial charge in [-0.05, 0) is 55.0 Å². The lowest BCUT2D eigenvalue weighted by molar-refractivity contribution is -0.137. The number of aromatic amines is 2. The first-order valence-electron chi connectivity index (χ1n) is 7.16. The summed E-state index contributed by atoms with van der Waals surface area (Å²) in [6.45, 7) is -0.00746. The van der Waals surface area contributed by atoms with Crippen LogP contribution in [-0.2, 0) is 16.1 Å². The van der Waals surface area contributed by atoms with Crippen molar-refractivity contribution in [1.29, 1.82) is 0 Å². The molecule has 0 aliphatic heterocycles. The monoisotopic (exact) mass is 399 g/mol. The van der Waals surface area contributed by atoms with Crippen LogP contribution >= 0.6 is 36.2 Å². The van der Waals surface area contributed by atoms with Crippen LogP contribution in [0.5, 0.6) is 0 Å². The predicted octanol–water partition coefficient (Wildman–Crippen LogP) is 2.47. The second-order valence-corrected chi connectivity index (χ2v) is 6.75. The third-order valence-electron chi connectivity index (χ3n) is 3.21. The van der Waals surface area contributed by atoms with E-state index in [2.05, 4.69) is 20.8 Å². The molecule has 2 rings (SSSR count). The van der Waals surface area contributed by atoms with Crippen molar-refractivity contribution >= 4 is 59.4 Å². The highest BCUT2D eigenvalue weighted by Crippen LogP contribution is 2.15. The number of carboxylic acid groups (broad SMARTS) is 1. The fourth-order valence-electron chi connectivity index (χ4n) is 2.01. The smallest absolute Gasteiger partial charge is 0.326 e. The molecule has 0 bridgehead atoms. The van der Waals surface area contributed by atoms with Gasteiger partial charge in [-0.2, -0.15) is 11.8 Å². The van der Waals surface area contributed by atoms with E-state index in [0.717, 1.165) is 0 Å². The van der Waals surface area contributed by atoms with Crippen LogP contribution in [0.4, 0.5) is 11.4 Å². The Balaban J connectivity index is 1.98. The number of nitrogens with zero attached hydrogens (tertiary/aromatic N) is 1. The van der Waals surface area contributed by atoms with Crippen molar-refractivity contribution in [3.63, 3.8) is 0 Å². The number of anilines is 2. The summed E-state index contributed by atoms with van der Waals surface area (Å²) < 4.78 is 2.15. The first-order valence-corrected chi connectivity index (χ1v) is 9.37. The van der Waals surface area contributed by atoms with Crippen molar-refractivity contribution in [3.05, 3.63) is 33.8 Å². The van der Waals surface area contributed by atoms with E-state index in [4.69, 9.17) is 29.5 Å². The number of carboxylic acids is 1. The molecule has 1 unspecified atom stereocenters. The molecule has 5 N–H and O–H groups in total. The maximum atomic E-state index is 12.1. The van der Waals surface area contributed by atoms with Gasteiger partial charge >= 0.3 is 5.97 Å². The molecule has 134 valence electrons. The summed E-state index contributed by atoms with van der Waals surface area (Å²) in [5.74, 6) is -0.737. The van der Waals surface area contributed by atoms with Gasteiger partial charge in [-0.3, -0.25) is 19.6 Å². The molecular formula is C14H17N5O3S3. The van der Waals surface area contributed by atoms with Crippen LogP contribution in [0.15, 0.2) is 24.3 Å². The first kappa shape index (κ1) is 19.2. The lowest BCUT2D eigenvalue weighted by Crippen LogP contribution is -2.31. The number of aliphatic carboxylic acids is 1. The Bertz CT molecular complexity index is 828. The molecule has 0 spiro atoms. The molecule has 0 aliphatic carbocycles. The summed E-state index contributed by atoms with van der Waals surface area (Å²) in [7, 11) is 0. The van der Waals surface area contributed by atoms with Gasteiger partial charge in [0.25, 0.3) is 0 Å². The Morgan fingerprint density at radius 3 is 2.28 bits per heavy atom. The second-order valence-electron chi connectivity index (χ2n) is 5.06. The fourth-order valence-corrected chi connectivity index (χ4v) is 3.04. The zero-order chi connectivity index (χ0) is 18.4. The maximum Gasteiger partial charge on any atom is 0.326 e. The van der Waals surface area contributed by atoms with Crippen molar-refractivity contribution in [1.82, 2.24) is 14.8 Å². The molecule has 0 radical (unpaired) electrons. The Labute approximate surface area is 158 Å². The molecule has 0 aliphatic rings. The van der Waals surface area contributed by atoms with Gasteiger partial charge in [0.1, 0.15) is 12.6 Å². The first-order chi connectivity index (χ1) is 11.9. The topological polar surface area (TPSA) is 115 Å². The summed E-state index contributed by atoms with van der Waals surface area (Å²) >= 11 is 11.5. The molecule has 1 aromatic heterocycles. The number of H-pyrrole nitrogens is 2. The average molecular weight is 400 g/mol.